The molecule has 0 bridgehead atoms. The zero-order valence-electron chi connectivity index (χ0n) is 12.7. The lowest BCUT2D eigenvalue weighted by atomic mass is 10.1. The average Bonchev–Trinajstić information content (AvgIpc) is 2.52. The van der Waals surface area contributed by atoms with Crippen molar-refractivity contribution < 1.29 is 8.78 Å². The van der Waals surface area contributed by atoms with Crippen LogP contribution in [0.1, 0.15) is 17.5 Å². The zero-order chi connectivity index (χ0) is 15.8. The number of rotatable bonds is 8. The van der Waals surface area contributed by atoms with E-state index in [1.807, 2.05) is 36.8 Å². The molecule has 0 amide bonds. The second-order valence-corrected chi connectivity index (χ2v) is 5.34. The Morgan fingerprint density at radius 1 is 1.00 bits per heavy atom. The third-order valence-electron chi connectivity index (χ3n) is 3.36. The fourth-order valence-electron chi connectivity index (χ4n) is 2.23. The molecule has 0 saturated heterocycles. The molecule has 0 saturated carbocycles. The minimum atomic E-state index is -0.811. The van der Waals surface area contributed by atoms with Gasteiger partial charge in [0.25, 0.3) is 0 Å². The first kappa shape index (κ1) is 16.6. The molecule has 0 aliphatic heterocycles. The zero-order valence-corrected chi connectivity index (χ0v) is 12.7. The van der Waals surface area contributed by atoms with Crippen LogP contribution in [0.15, 0.2) is 48.5 Å². The maximum Gasteiger partial charge on any atom is 0.159 e. The molecule has 0 aliphatic carbocycles. The summed E-state index contributed by atoms with van der Waals surface area (Å²) in [5, 5.41) is 3.23. The van der Waals surface area contributed by atoms with E-state index in [0.717, 1.165) is 31.0 Å². The van der Waals surface area contributed by atoms with Crippen molar-refractivity contribution in [1.29, 1.82) is 0 Å². The van der Waals surface area contributed by atoms with Gasteiger partial charge >= 0.3 is 0 Å². The van der Waals surface area contributed by atoms with Crippen LogP contribution in [0.5, 0.6) is 0 Å². The van der Waals surface area contributed by atoms with Crippen molar-refractivity contribution in [2.75, 3.05) is 13.6 Å². The van der Waals surface area contributed by atoms with Gasteiger partial charge in [-0.15, -0.1) is 0 Å². The van der Waals surface area contributed by atoms with Gasteiger partial charge in [0.15, 0.2) is 11.6 Å². The maximum absolute atomic E-state index is 13.1. The first-order chi connectivity index (χ1) is 10.6. The van der Waals surface area contributed by atoms with E-state index in [9.17, 15) is 8.78 Å². The van der Waals surface area contributed by atoms with E-state index >= 15 is 0 Å². The van der Waals surface area contributed by atoms with Gasteiger partial charge < -0.3 is 0 Å². The minimum absolute atomic E-state index is 0.531. The van der Waals surface area contributed by atoms with Gasteiger partial charge in [0.1, 0.15) is 0 Å². The second kappa shape index (κ2) is 8.61. The summed E-state index contributed by atoms with van der Waals surface area (Å²) >= 11 is 0. The van der Waals surface area contributed by atoms with Crippen LogP contribution in [0.3, 0.4) is 0 Å². The van der Waals surface area contributed by atoms with Gasteiger partial charge in [-0.1, -0.05) is 36.4 Å². The quantitative estimate of drug-likeness (QED) is 0.747. The highest BCUT2D eigenvalue weighted by Crippen LogP contribution is 2.10. The van der Waals surface area contributed by atoms with Gasteiger partial charge in [0.2, 0.25) is 0 Å². The van der Waals surface area contributed by atoms with E-state index in [-0.39, 0.29) is 0 Å². The van der Waals surface area contributed by atoms with Gasteiger partial charge in [0, 0.05) is 6.54 Å². The summed E-state index contributed by atoms with van der Waals surface area (Å²) in [5.41, 5.74) is 2.07. The minimum Gasteiger partial charge on any atom is -0.299 e. The first-order valence-corrected chi connectivity index (χ1v) is 7.40. The monoisotopic (exact) mass is 303 g/mol. The molecule has 0 spiro atoms. The molecule has 0 aromatic heterocycles. The summed E-state index contributed by atoms with van der Waals surface area (Å²) in [6.45, 7) is 3.27. The van der Waals surface area contributed by atoms with Gasteiger partial charge in [0.05, 0.1) is 6.67 Å². The Balaban J connectivity index is 1.63. The molecule has 0 unspecified atom stereocenters. The molecule has 0 atom stereocenters. The van der Waals surface area contributed by atoms with Crippen LogP contribution in [0, 0.1) is 18.3 Å². The van der Waals surface area contributed by atoms with E-state index < -0.39 is 11.6 Å². The van der Waals surface area contributed by atoms with Crippen molar-refractivity contribution in [2.45, 2.75) is 19.4 Å². The van der Waals surface area contributed by atoms with Crippen molar-refractivity contribution in [3.05, 3.63) is 78.0 Å². The highest BCUT2D eigenvalue weighted by Gasteiger charge is 2.05. The van der Waals surface area contributed by atoms with Crippen LogP contribution in [0.25, 0.3) is 0 Å². The average molecular weight is 303 g/mol. The van der Waals surface area contributed by atoms with Gasteiger partial charge in [-0.2, -0.15) is 0 Å². The predicted molar refractivity (Wildman–Crippen MR) is 84.9 cm³/mol. The van der Waals surface area contributed by atoms with Gasteiger partial charge in [-0.3, -0.25) is 10.2 Å². The maximum atomic E-state index is 13.1. The molecule has 4 heteroatoms. The Morgan fingerprint density at radius 3 is 2.50 bits per heavy atom. The molecule has 1 N–H and O–H groups in total. The summed E-state index contributed by atoms with van der Waals surface area (Å²) in [4.78, 5) is 1.91. The fourth-order valence-corrected chi connectivity index (χ4v) is 2.23. The number of nitrogens with one attached hydrogen (secondary N) is 1. The number of aryl methyl sites for hydroxylation is 1. The number of hydrogen-bond donors (Lipinski definition) is 1. The molecule has 1 radical (unpaired) electrons. The normalized spacial score (nSPS) is 11.1. The Bertz CT molecular complexity index is 573. The van der Waals surface area contributed by atoms with Crippen LogP contribution in [-0.4, -0.2) is 18.5 Å². The first-order valence-electron chi connectivity index (χ1n) is 7.40. The third-order valence-corrected chi connectivity index (χ3v) is 3.36. The lowest BCUT2D eigenvalue weighted by Gasteiger charge is -2.16. The van der Waals surface area contributed by atoms with Crippen LogP contribution < -0.4 is 5.32 Å². The molecule has 0 aliphatic rings. The Hall–Kier alpha value is -1.78. The van der Waals surface area contributed by atoms with E-state index in [1.165, 1.54) is 11.6 Å². The van der Waals surface area contributed by atoms with Crippen molar-refractivity contribution in [2.24, 2.45) is 0 Å². The van der Waals surface area contributed by atoms with Crippen LogP contribution in [0.4, 0.5) is 8.78 Å². The molecule has 2 rings (SSSR count). The lowest BCUT2D eigenvalue weighted by molar-refractivity contribution is 0.364. The smallest absolute Gasteiger partial charge is 0.159 e. The number of nitrogens with zero attached hydrogens (tertiary/aromatic N) is 1. The SMILES string of the molecule is CN([CH]NCCCc1ccccc1)Cc1ccc(F)c(F)c1. The molecular formula is C18H21F2N2. The molecule has 0 fully saturated rings. The molecule has 2 nitrogen and oxygen atoms in total. The second-order valence-electron chi connectivity index (χ2n) is 5.34. The molecule has 22 heavy (non-hydrogen) atoms. The summed E-state index contributed by atoms with van der Waals surface area (Å²) in [7, 11) is 1.89. The topological polar surface area (TPSA) is 15.3 Å². The van der Waals surface area contributed by atoms with Crippen molar-refractivity contribution in [3.8, 4) is 0 Å². The van der Waals surface area contributed by atoms with Crippen LogP contribution >= 0.6 is 0 Å². The van der Waals surface area contributed by atoms with E-state index in [1.54, 1.807) is 6.07 Å². The molecule has 2 aromatic carbocycles. The summed E-state index contributed by atoms with van der Waals surface area (Å²) in [6.07, 6.45) is 2.08. The van der Waals surface area contributed by atoms with Crippen molar-refractivity contribution in [1.82, 2.24) is 10.2 Å². The molecular weight excluding hydrogens is 282 g/mol. The molecule has 2 aromatic rings. The Kier molecular flexibility index (Phi) is 6.49. The largest absolute Gasteiger partial charge is 0.299 e. The predicted octanol–water partition coefficient (Wildman–Crippen LogP) is 3.74. The van der Waals surface area contributed by atoms with Gasteiger partial charge in [-0.05, 0) is 49.7 Å². The summed E-state index contributed by atoms with van der Waals surface area (Å²) in [5.74, 6) is -1.61. The Morgan fingerprint density at radius 2 is 1.77 bits per heavy atom. The van der Waals surface area contributed by atoms with E-state index in [4.69, 9.17) is 0 Å². The highest BCUT2D eigenvalue weighted by atomic mass is 19.2. The summed E-state index contributed by atoms with van der Waals surface area (Å²) < 4.78 is 26.0. The Labute approximate surface area is 130 Å². The van der Waals surface area contributed by atoms with Crippen molar-refractivity contribution in [3.63, 3.8) is 0 Å². The molecule has 117 valence electrons. The molecule has 0 heterocycles. The number of hydrogen-bond acceptors (Lipinski definition) is 2. The number of halogens is 2. The van der Waals surface area contributed by atoms with Crippen LogP contribution in [-0.2, 0) is 13.0 Å². The lowest BCUT2D eigenvalue weighted by Crippen LogP contribution is -2.26. The van der Waals surface area contributed by atoms with Gasteiger partial charge in [-0.25, -0.2) is 8.78 Å². The number of benzene rings is 2. The summed E-state index contributed by atoms with van der Waals surface area (Å²) in [6, 6.07) is 14.3. The van der Waals surface area contributed by atoms with E-state index in [2.05, 4.69) is 17.4 Å². The fraction of sp³-hybridized carbons (Fsp3) is 0.278. The standard InChI is InChI=1S/C18H21F2N2/c1-22(13-16-9-10-17(19)18(20)12-16)14-21-11-5-8-15-6-3-2-4-7-15/h2-4,6-7,9-10,12,14,21H,5,8,11,13H2,1H3. The van der Waals surface area contributed by atoms with E-state index in [0.29, 0.717) is 6.54 Å². The highest BCUT2D eigenvalue weighted by molar-refractivity contribution is 5.17. The van der Waals surface area contributed by atoms with Crippen LogP contribution in [0.2, 0.25) is 0 Å². The van der Waals surface area contributed by atoms with Crippen molar-refractivity contribution >= 4 is 0 Å². The third kappa shape index (κ3) is 5.54.